The second-order valence-electron chi connectivity index (χ2n) is 10.1. The van der Waals surface area contributed by atoms with E-state index >= 15 is 0 Å². The molecule has 1 saturated heterocycles. The van der Waals surface area contributed by atoms with Crippen molar-refractivity contribution < 1.29 is 24.2 Å². The molecule has 0 aromatic heterocycles. The van der Waals surface area contributed by atoms with Gasteiger partial charge in [-0.2, -0.15) is 0 Å². The van der Waals surface area contributed by atoms with Crippen LogP contribution in [0, 0.1) is 17.3 Å². The van der Waals surface area contributed by atoms with E-state index in [4.69, 9.17) is 9.47 Å². The van der Waals surface area contributed by atoms with Crippen molar-refractivity contribution >= 4 is 17.6 Å². The first-order chi connectivity index (χ1) is 14.9. The number of anilines is 1. The fourth-order valence-electron chi connectivity index (χ4n) is 6.83. The van der Waals surface area contributed by atoms with Gasteiger partial charge in [-0.15, -0.1) is 0 Å². The summed E-state index contributed by atoms with van der Waals surface area (Å²) < 4.78 is 10.8. The second-order valence-corrected chi connectivity index (χ2v) is 10.1. The van der Waals surface area contributed by atoms with Crippen LogP contribution in [0.4, 0.5) is 5.69 Å². The average molecular weight is 429 g/mol. The lowest BCUT2D eigenvalue weighted by atomic mass is 9.48. The number of amides is 1. The fraction of sp³-hybridized carbons (Fsp3) is 0.667. The number of carbonyl (C=O) groups excluding carboxylic acids is 2. The summed E-state index contributed by atoms with van der Waals surface area (Å²) in [5.41, 5.74) is -0.170. The van der Waals surface area contributed by atoms with Crippen molar-refractivity contribution in [2.75, 3.05) is 44.8 Å². The normalized spacial score (nSPS) is 34.0. The Hall–Kier alpha value is -2.28. The Kier molecular flexibility index (Phi) is 5.12. The Morgan fingerprint density at radius 1 is 1.03 bits per heavy atom. The van der Waals surface area contributed by atoms with E-state index in [2.05, 4.69) is 4.90 Å². The lowest BCUT2D eigenvalue weighted by molar-refractivity contribution is -0.197. The number of hydrogen-bond donors (Lipinski definition) is 1. The fourth-order valence-corrected chi connectivity index (χ4v) is 6.83. The molecular formula is C24H32N2O5. The van der Waals surface area contributed by atoms with Crippen LogP contribution in [0.3, 0.4) is 0 Å². The molecule has 0 spiro atoms. The molecule has 0 radical (unpaired) electrons. The molecule has 4 bridgehead atoms. The van der Waals surface area contributed by atoms with Crippen LogP contribution in [-0.2, 0) is 14.3 Å². The number of benzene rings is 1. The Balaban J connectivity index is 1.13. The Morgan fingerprint density at radius 2 is 1.68 bits per heavy atom. The number of aliphatic hydroxyl groups is 1. The van der Waals surface area contributed by atoms with Crippen molar-refractivity contribution in [2.24, 2.45) is 17.3 Å². The predicted octanol–water partition coefficient (Wildman–Crippen LogP) is 2.22. The molecule has 1 heterocycles. The van der Waals surface area contributed by atoms with Crippen LogP contribution in [0.1, 0.15) is 38.5 Å². The van der Waals surface area contributed by atoms with Crippen LogP contribution in [-0.4, -0.2) is 67.4 Å². The van der Waals surface area contributed by atoms with Gasteiger partial charge < -0.3 is 24.4 Å². The van der Waals surface area contributed by atoms with E-state index < -0.39 is 11.0 Å². The molecule has 1 amide bonds. The van der Waals surface area contributed by atoms with Gasteiger partial charge in [-0.25, -0.2) is 0 Å². The van der Waals surface area contributed by atoms with Crippen molar-refractivity contribution in [2.45, 2.75) is 44.1 Å². The SMILES string of the molecule is COc1ccc(N2CCN(C(=O)COC(=O)C34C[C@@H]5C[C@H](CC(O)(C5)C3)C4)CC2)cc1. The van der Waals surface area contributed by atoms with Gasteiger partial charge in [0.05, 0.1) is 18.1 Å². The number of methoxy groups -OCH3 is 1. The Bertz CT molecular complexity index is 832. The zero-order valence-corrected chi connectivity index (χ0v) is 18.2. The molecule has 4 saturated carbocycles. The van der Waals surface area contributed by atoms with Crippen LogP contribution in [0.15, 0.2) is 24.3 Å². The smallest absolute Gasteiger partial charge is 0.312 e. The molecular weight excluding hydrogens is 396 g/mol. The van der Waals surface area contributed by atoms with Crippen molar-refractivity contribution in [1.29, 1.82) is 0 Å². The molecule has 2 atom stereocenters. The molecule has 31 heavy (non-hydrogen) atoms. The van der Waals surface area contributed by atoms with E-state index in [1.807, 2.05) is 24.3 Å². The Labute approximate surface area is 183 Å². The molecule has 1 aliphatic heterocycles. The average Bonchev–Trinajstić information content (AvgIpc) is 2.75. The van der Waals surface area contributed by atoms with Gasteiger partial charge in [-0.05, 0) is 74.6 Å². The molecule has 7 nitrogen and oxygen atoms in total. The van der Waals surface area contributed by atoms with Crippen LogP contribution >= 0.6 is 0 Å². The number of esters is 1. The third-order valence-electron chi connectivity index (χ3n) is 7.86. The van der Waals surface area contributed by atoms with E-state index in [9.17, 15) is 14.7 Å². The van der Waals surface area contributed by atoms with E-state index in [0.29, 0.717) is 31.3 Å². The Morgan fingerprint density at radius 3 is 2.26 bits per heavy atom. The maximum atomic E-state index is 13.0. The topological polar surface area (TPSA) is 79.3 Å². The summed E-state index contributed by atoms with van der Waals surface area (Å²) >= 11 is 0. The summed E-state index contributed by atoms with van der Waals surface area (Å²) in [7, 11) is 1.65. The minimum atomic E-state index is -0.703. The lowest BCUT2D eigenvalue weighted by Crippen LogP contribution is -2.58. The molecule has 0 unspecified atom stereocenters. The number of ether oxygens (including phenoxy) is 2. The zero-order valence-electron chi connectivity index (χ0n) is 18.2. The second kappa shape index (κ2) is 7.69. The third-order valence-corrected chi connectivity index (χ3v) is 7.86. The predicted molar refractivity (Wildman–Crippen MR) is 115 cm³/mol. The number of rotatable bonds is 5. The highest BCUT2D eigenvalue weighted by Gasteiger charge is 2.61. The summed E-state index contributed by atoms with van der Waals surface area (Å²) in [6, 6.07) is 7.93. The summed E-state index contributed by atoms with van der Waals surface area (Å²) in [4.78, 5) is 29.7. The monoisotopic (exact) mass is 428 g/mol. The molecule has 1 aromatic carbocycles. The first kappa shape index (κ1) is 20.6. The third kappa shape index (κ3) is 3.88. The van der Waals surface area contributed by atoms with Crippen LogP contribution < -0.4 is 9.64 Å². The number of carbonyl (C=O) groups is 2. The molecule has 1 N–H and O–H groups in total. The summed E-state index contributed by atoms with van der Waals surface area (Å²) in [6.45, 7) is 2.50. The van der Waals surface area contributed by atoms with Gasteiger partial charge in [0, 0.05) is 31.9 Å². The van der Waals surface area contributed by atoms with Crippen LogP contribution in [0.5, 0.6) is 5.75 Å². The summed E-state index contributed by atoms with van der Waals surface area (Å²) in [5, 5.41) is 10.9. The van der Waals surface area contributed by atoms with E-state index in [1.165, 1.54) is 0 Å². The molecule has 7 heteroatoms. The minimum absolute atomic E-state index is 0.133. The van der Waals surface area contributed by atoms with Crippen molar-refractivity contribution in [1.82, 2.24) is 4.90 Å². The van der Waals surface area contributed by atoms with Gasteiger partial charge in [0.1, 0.15) is 5.75 Å². The molecule has 6 rings (SSSR count). The molecule has 1 aromatic rings. The van der Waals surface area contributed by atoms with Crippen molar-refractivity contribution in [3.05, 3.63) is 24.3 Å². The van der Waals surface area contributed by atoms with Gasteiger partial charge in [0.2, 0.25) is 0 Å². The van der Waals surface area contributed by atoms with Gasteiger partial charge in [0.15, 0.2) is 6.61 Å². The zero-order chi connectivity index (χ0) is 21.6. The highest BCUT2D eigenvalue weighted by atomic mass is 16.5. The van der Waals surface area contributed by atoms with E-state index in [0.717, 1.165) is 56.6 Å². The summed E-state index contributed by atoms with van der Waals surface area (Å²) in [6.07, 6.45) is 4.86. The largest absolute Gasteiger partial charge is 0.497 e. The number of nitrogens with zero attached hydrogens (tertiary/aromatic N) is 2. The molecule has 4 aliphatic carbocycles. The van der Waals surface area contributed by atoms with E-state index in [1.54, 1.807) is 12.0 Å². The highest BCUT2D eigenvalue weighted by molar-refractivity contribution is 5.83. The first-order valence-electron chi connectivity index (χ1n) is 11.4. The van der Waals surface area contributed by atoms with Gasteiger partial charge in [0.25, 0.3) is 5.91 Å². The molecule has 5 aliphatic rings. The molecule has 5 fully saturated rings. The summed E-state index contributed by atoms with van der Waals surface area (Å²) in [5.74, 6) is 1.25. The number of piperazine rings is 1. The lowest BCUT2D eigenvalue weighted by Gasteiger charge is -2.58. The van der Waals surface area contributed by atoms with Gasteiger partial charge in [-0.1, -0.05) is 0 Å². The van der Waals surface area contributed by atoms with Gasteiger partial charge in [-0.3, -0.25) is 9.59 Å². The van der Waals surface area contributed by atoms with E-state index in [-0.39, 0.29) is 18.5 Å². The molecule has 168 valence electrons. The number of hydrogen-bond acceptors (Lipinski definition) is 6. The van der Waals surface area contributed by atoms with Crippen molar-refractivity contribution in [3.8, 4) is 5.75 Å². The maximum Gasteiger partial charge on any atom is 0.312 e. The first-order valence-corrected chi connectivity index (χ1v) is 11.4. The minimum Gasteiger partial charge on any atom is -0.497 e. The quantitative estimate of drug-likeness (QED) is 0.725. The van der Waals surface area contributed by atoms with Gasteiger partial charge >= 0.3 is 5.97 Å². The maximum absolute atomic E-state index is 13.0. The standard InChI is InChI=1S/C24H32N2O5/c1-30-20-4-2-19(3-5-20)25-6-8-26(9-7-25)21(27)15-31-22(28)23-11-17-10-18(12-23)14-24(29,13-17)16-23/h2-5,17-18,29H,6-16H2,1H3/t17-,18-,23?,24?/m0/s1. The van der Waals surface area contributed by atoms with Crippen molar-refractivity contribution in [3.63, 3.8) is 0 Å². The van der Waals surface area contributed by atoms with Crippen LogP contribution in [0.25, 0.3) is 0 Å². The van der Waals surface area contributed by atoms with Crippen LogP contribution in [0.2, 0.25) is 0 Å². The highest BCUT2D eigenvalue weighted by Crippen LogP contribution is 2.61.